The van der Waals surface area contributed by atoms with Crippen molar-refractivity contribution < 1.29 is 13.2 Å². The molecule has 0 amide bonds. The third kappa shape index (κ3) is 3.92. The molecule has 0 bridgehead atoms. The Morgan fingerprint density at radius 2 is 2.32 bits per heavy atom. The van der Waals surface area contributed by atoms with Gasteiger partial charge in [0.05, 0.1) is 11.5 Å². The lowest BCUT2D eigenvalue weighted by atomic mass is 10.1. The van der Waals surface area contributed by atoms with E-state index in [1.54, 1.807) is 24.3 Å². The molecule has 19 heavy (non-hydrogen) atoms. The Morgan fingerprint density at radius 1 is 1.47 bits per heavy atom. The van der Waals surface area contributed by atoms with E-state index >= 15 is 0 Å². The lowest BCUT2D eigenvalue weighted by Crippen LogP contribution is -2.45. The molecule has 0 radical (unpaired) electrons. The number of ether oxygens (including phenoxy) is 1. The number of nitrogens with one attached hydrogen (secondary N) is 2. The number of rotatable bonds is 5. The third-order valence-corrected chi connectivity index (χ3v) is 4.56. The van der Waals surface area contributed by atoms with E-state index < -0.39 is 10.0 Å². The van der Waals surface area contributed by atoms with E-state index in [-0.39, 0.29) is 10.9 Å². The predicted octanol–water partition coefficient (Wildman–Crippen LogP) is 1.12. The molecule has 1 saturated heterocycles. The highest BCUT2D eigenvalue weighted by atomic mass is 32.2. The minimum absolute atomic E-state index is 0.0329. The topological polar surface area (TPSA) is 67.4 Å². The Bertz CT molecular complexity index is 510. The molecule has 0 aromatic heterocycles. The van der Waals surface area contributed by atoms with Crippen molar-refractivity contribution in [2.75, 3.05) is 19.7 Å². The molecule has 0 aliphatic carbocycles. The Labute approximate surface area is 114 Å². The van der Waals surface area contributed by atoms with E-state index in [4.69, 9.17) is 4.74 Å². The number of benzene rings is 1. The lowest BCUT2D eigenvalue weighted by molar-refractivity contribution is 0.339. The van der Waals surface area contributed by atoms with Crippen LogP contribution >= 0.6 is 0 Å². The number of piperidine rings is 1. The maximum atomic E-state index is 12.3. The first kappa shape index (κ1) is 14.3. The van der Waals surface area contributed by atoms with E-state index in [2.05, 4.69) is 10.0 Å². The van der Waals surface area contributed by atoms with Gasteiger partial charge in [0.1, 0.15) is 5.75 Å². The molecule has 1 aliphatic heterocycles. The molecule has 1 aliphatic rings. The van der Waals surface area contributed by atoms with Gasteiger partial charge in [-0.1, -0.05) is 6.07 Å². The minimum atomic E-state index is -3.47. The first-order chi connectivity index (χ1) is 9.12. The van der Waals surface area contributed by atoms with Gasteiger partial charge in [-0.25, -0.2) is 13.1 Å². The average Bonchev–Trinajstić information content (AvgIpc) is 2.40. The van der Waals surface area contributed by atoms with Crippen LogP contribution in [-0.2, 0) is 10.0 Å². The highest BCUT2D eigenvalue weighted by Gasteiger charge is 2.21. The summed E-state index contributed by atoms with van der Waals surface area (Å²) in [6.45, 7) is 4.03. The average molecular weight is 284 g/mol. The molecule has 2 rings (SSSR count). The van der Waals surface area contributed by atoms with Gasteiger partial charge in [-0.2, -0.15) is 0 Å². The van der Waals surface area contributed by atoms with Crippen molar-refractivity contribution in [2.24, 2.45) is 0 Å². The molecule has 1 aromatic rings. The highest BCUT2D eigenvalue weighted by Crippen LogP contribution is 2.18. The van der Waals surface area contributed by atoms with Crippen molar-refractivity contribution in [3.63, 3.8) is 0 Å². The van der Waals surface area contributed by atoms with E-state index in [1.807, 2.05) is 6.92 Å². The smallest absolute Gasteiger partial charge is 0.240 e. The molecule has 6 heteroatoms. The van der Waals surface area contributed by atoms with Crippen LogP contribution < -0.4 is 14.8 Å². The SMILES string of the molecule is CCOc1cccc(S(=O)(=O)NC2CCCNC2)c1. The first-order valence-corrected chi connectivity index (χ1v) is 8.06. The normalized spacial score (nSPS) is 20.2. The summed E-state index contributed by atoms with van der Waals surface area (Å²) in [5.74, 6) is 0.576. The van der Waals surface area contributed by atoms with Crippen LogP contribution in [-0.4, -0.2) is 34.2 Å². The van der Waals surface area contributed by atoms with Crippen LogP contribution in [0.1, 0.15) is 19.8 Å². The maximum absolute atomic E-state index is 12.3. The zero-order valence-electron chi connectivity index (χ0n) is 11.1. The number of hydrogen-bond acceptors (Lipinski definition) is 4. The van der Waals surface area contributed by atoms with E-state index in [9.17, 15) is 8.42 Å². The van der Waals surface area contributed by atoms with Crippen molar-refractivity contribution in [3.05, 3.63) is 24.3 Å². The third-order valence-electron chi connectivity index (χ3n) is 3.05. The zero-order valence-corrected chi connectivity index (χ0v) is 11.9. The van der Waals surface area contributed by atoms with Crippen molar-refractivity contribution >= 4 is 10.0 Å². The molecule has 0 saturated carbocycles. The van der Waals surface area contributed by atoms with E-state index in [0.717, 1.165) is 19.4 Å². The summed E-state index contributed by atoms with van der Waals surface area (Å²) >= 11 is 0. The standard InChI is InChI=1S/C13H20N2O3S/c1-2-18-12-6-3-7-13(9-12)19(16,17)15-11-5-4-8-14-10-11/h3,6-7,9,11,14-15H,2,4-5,8,10H2,1H3. The van der Waals surface area contributed by atoms with Crippen molar-refractivity contribution in [2.45, 2.75) is 30.7 Å². The summed E-state index contributed by atoms with van der Waals surface area (Å²) in [4.78, 5) is 0.254. The van der Waals surface area contributed by atoms with Crippen LogP contribution in [0, 0.1) is 0 Å². The molecule has 0 spiro atoms. The molecule has 1 aromatic carbocycles. The predicted molar refractivity (Wildman–Crippen MR) is 73.8 cm³/mol. The summed E-state index contributed by atoms with van der Waals surface area (Å²) in [6, 6.07) is 6.56. The number of sulfonamides is 1. The van der Waals surface area contributed by atoms with Gasteiger partial charge in [0, 0.05) is 18.7 Å². The number of hydrogen-bond donors (Lipinski definition) is 2. The summed E-state index contributed by atoms with van der Waals surface area (Å²) in [6.07, 6.45) is 1.86. The van der Waals surface area contributed by atoms with E-state index in [0.29, 0.717) is 18.9 Å². The monoisotopic (exact) mass is 284 g/mol. The molecular weight excluding hydrogens is 264 g/mol. The molecule has 1 fully saturated rings. The fourth-order valence-corrected chi connectivity index (χ4v) is 3.44. The van der Waals surface area contributed by atoms with Crippen LogP contribution in [0.25, 0.3) is 0 Å². The summed E-state index contributed by atoms with van der Waals surface area (Å²) < 4.78 is 32.6. The van der Waals surface area contributed by atoms with Crippen LogP contribution in [0.4, 0.5) is 0 Å². The quantitative estimate of drug-likeness (QED) is 0.850. The molecule has 1 atom stereocenters. The highest BCUT2D eigenvalue weighted by molar-refractivity contribution is 7.89. The lowest BCUT2D eigenvalue weighted by Gasteiger charge is -2.23. The summed E-state index contributed by atoms with van der Waals surface area (Å²) in [5.41, 5.74) is 0. The van der Waals surface area contributed by atoms with Gasteiger partial charge in [-0.15, -0.1) is 0 Å². The summed E-state index contributed by atoms with van der Waals surface area (Å²) in [5, 5.41) is 3.19. The van der Waals surface area contributed by atoms with Crippen molar-refractivity contribution in [1.29, 1.82) is 0 Å². The van der Waals surface area contributed by atoms with Crippen molar-refractivity contribution in [3.8, 4) is 5.75 Å². The van der Waals surface area contributed by atoms with Crippen LogP contribution in [0.5, 0.6) is 5.75 Å². The van der Waals surface area contributed by atoms with Gasteiger partial charge < -0.3 is 10.1 Å². The Morgan fingerprint density at radius 3 is 3.00 bits per heavy atom. The van der Waals surface area contributed by atoms with Gasteiger partial charge >= 0.3 is 0 Å². The maximum Gasteiger partial charge on any atom is 0.240 e. The Hall–Kier alpha value is -1.11. The van der Waals surface area contributed by atoms with Crippen LogP contribution in [0.3, 0.4) is 0 Å². The van der Waals surface area contributed by atoms with Crippen LogP contribution in [0.2, 0.25) is 0 Å². The first-order valence-electron chi connectivity index (χ1n) is 6.58. The second kappa shape index (κ2) is 6.36. The van der Waals surface area contributed by atoms with E-state index in [1.165, 1.54) is 0 Å². The zero-order chi connectivity index (χ0) is 13.7. The van der Waals surface area contributed by atoms with Gasteiger partial charge in [0.2, 0.25) is 10.0 Å². The molecule has 106 valence electrons. The Kier molecular flexibility index (Phi) is 4.79. The van der Waals surface area contributed by atoms with Crippen molar-refractivity contribution in [1.82, 2.24) is 10.0 Å². The molecule has 1 unspecified atom stereocenters. The summed E-state index contributed by atoms with van der Waals surface area (Å²) in [7, 11) is -3.47. The fourth-order valence-electron chi connectivity index (χ4n) is 2.14. The minimum Gasteiger partial charge on any atom is -0.494 e. The second-order valence-electron chi connectivity index (χ2n) is 4.57. The van der Waals surface area contributed by atoms with Crippen LogP contribution in [0.15, 0.2) is 29.2 Å². The van der Waals surface area contributed by atoms with Gasteiger partial charge in [0.15, 0.2) is 0 Å². The molecule has 1 heterocycles. The largest absolute Gasteiger partial charge is 0.494 e. The van der Waals surface area contributed by atoms with Gasteiger partial charge in [-0.05, 0) is 38.4 Å². The molecular formula is C13H20N2O3S. The molecule has 2 N–H and O–H groups in total. The van der Waals surface area contributed by atoms with Gasteiger partial charge in [0.25, 0.3) is 0 Å². The Balaban J connectivity index is 2.11. The second-order valence-corrected chi connectivity index (χ2v) is 6.29. The van der Waals surface area contributed by atoms with Gasteiger partial charge in [-0.3, -0.25) is 0 Å². The molecule has 5 nitrogen and oxygen atoms in total. The fraction of sp³-hybridized carbons (Fsp3) is 0.538.